The normalized spacial score (nSPS) is 50.8. The van der Waals surface area contributed by atoms with E-state index in [1.54, 1.807) is 0 Å². The van der Waals surface area contributed by atoms with Crippen LogP contribution in [0.1, 0.15) is 6.92 Å². The predicted octanol–water partition coefficient (Wildman–Crippen LogP) is 0.111. The highest BCUT2D eigenvalue weighted by Crippen LogP contribution is 2.43. The van der Waals surface area contributed by atoms with Gasteiger partial charge in [0, 0.05) is 0 Å². The number of ether oxygens (including phenoxy) is 2. The van der Waals surface area contributed by atoms with Gasteiger partial charge in [-0.25, -0.2) is 8.42 Å². The smallest absolute Gasteiger partial charge is 0.214 e. The topological polar surface area (TPSA) is 52.6 Å². The van der Waals surface area contributed by atoms with Gasteiger partial charge in [0.1, 0.15) is 5.75 Å². The van der Waals surface area contributed by atoms with Crippen LogP contribution in [0.3, 0.4) is 0 Å². The van der Waals surface area contributed by atoms with Gasteiger partial charge in [0.05, 0.1) is 12.7 Å². The highest BCUT2D eigenvalue weighted by Gasteiger charge is 2.63. The first-order valence-corrected chi connectivity index (χ1v) is 5.79. The van der Waals surface area contributed by atoms with E-state index in [1.807, 2.05) is 6.92 Å². The van der Waals surface area contributed by atoms with Crippen LogP contribution in [0.2, 0.25) is 0 Å². The summed E-state index contributed by atoms with van der Waals surface area (Å²) in [4.78, 5) is 0. The summed E-state index contributed by atoms with van der Waals surface area (Å²) >= 11 is 5.63. The molecule has 2 aliphatic rings. The maximum Gasteiger partial charge on any atom is 0.214 e. The van der Waals surface area contributed by atoms with Crippen molar-refractivity contribution in [2.75, 3.05) is 12.4 Å². The third-order valence-corrected chi connectivity index (χ3v) is 4.97. The number of hydrogen-bond donors (Lipinski definition) is 0. The molecule has 2 aliphatic heterocycles. The van der Waals surface area contributed by atoms with Gasteiger partial charge in [-0.2, -0.15) is 0 Å². The Morgan fingerprint density at radius 1 is 1.58 bits per heavy atom. The maximum atomic E-state index is 11.0. The lowest BCUT2D eigenvalue weighted by Crippen LogP contribution is -2.61. The second-order valence-corrected chi connectivity index (χ2v) is 5.96. The molecule has 70 valence electrons. The first-order chi connectivity index (χ1) is 5.46. The Bertz CT molecular complexity index is 301. The first kappa shape index (κ1) is 8.74. The number of rotatable bonds is 0. The van der Waals surface area contributed by atoms with E-state index in [9.17, 15) is 8.42 Å². The van der Waals surface area contributed by atoms with Crippen LogP contribution in [-0.4, -0.2) is 37.4 Å². The fourth-order valence-electron chi connectivity index (χ4n) is 1.45. The molecule has 12 heavy (non-hydrogen) atoms. The SMILES string of the molecule is C[C@@H]1CO[C@@]2(CS(=O)(=O)[C@@H]2Cl)O1. The van der Waals surface area contributed by atoms with Gasteiger partial charge < -0.3 is 9.47 Å². The molecule has 3 atom stereocenters. The molecule has 0 saturated carbocycles. The summed E-state index contributed by atoms with van der Waals surface area (Å²) in [5, 5.41) is 0. The van der Waals surface area contributed by atoms with Gasteiger partial charge in [-0.3, -0.25) is 0 Å². The van der Waals surface area contributed by atoms with Crippen LogP contribution in [0.15, 0.2) is 0 Å². The fraction of sp³-hybridized carbons (Fsp3) is 1.00. The highest BCUT2D eigenvalue weighted by molar-refractivity contribution is 7.95. The molecule has 6 heteroatoms. The molecule has 2 rings (SSSR count). The lowest BCUT2D eigenvalue weighted by Gasteiger charge is -2.39. The minimum absolute atomic E-state index is 0.0678. The monoisotopic (exact) mass is 212 g/mol. The van der Waals surface area contributed by atoms with E-state index < -0.39 is 20.3 Å². The Hall–Kier alpha value is 0.160. The standard InChI is InChI=1S/C6H9ClO4S/c1-4-2-10-6(11-4)3-12(8,9)5(6)7/h4-5H,2-3H2,1H3/t4-,5+,6+/m1/s1. The second kappa shape index (κ2) is 2.35. The van der Waals surface area contributed by atoms with Crippen LogP contribution >= 0.6 is 11.6 Å². The largest absolute Gasteiger partial charge is 0.344 e. The zero-order valence-electron chi connectivity index (χ0n) is 6.49. The Morgan fingerprint density at radius 3 is 2.58 bits per heavy atom. The van der Waals surface area contributed by atoms with Gasteiger partial charge in [-0.15, -0.1) is 0 Å². The van der Waals surface area contributed by atoms with Crippen LogP contribution < -0.4 is 0 Å². The highest BCUT2D eigenvalue weighted by atomic mass is 35.5. The van der Waals surface area contributed by atoms with Crippen LogP contribution in [0, 0.1) is 0 Å². The average Bonchev–Trinajstić information content (AvgIpc) is 2.32. The lowest BCUT2D eigenvalue weighted by atomic mass is 10.3. The fourth-order valence-corrected chi connectivity index (χ4v) is 3.41. The maximum absolute atomic E-state index is 11.0. The molecule has 0 aromatic rings. The van der Waals surface area contributed by atoms with Gasteiger partial charge >= 0.3 is 0 Å². The Labute approximate surface area is 75.7 Å². The first-order valence-electron chi connectivity index (χ1n) is 3.64. The van der Waals surface area contributed by atoms with Crippen molar-refractivity contribution >= 4 is 21.4 Å². The number of alkyl halides is 1. The molecule has 2 heterocycles. The third kappa shape index (κ3) is 1.00. The van der Waals surface area contributed by atoms with Crippen LogP contribution in [0.5, 0.6) is 0 Å². The summed E-state index contributed by atoms with van der Waals surface area (Å²) in [6.45, 7) is 2.24. The van der Waals surface area contributed by atoms with Gasteiger partial charge in [0.25, 0.3) is 0 Å². The van der Waals surface area contributed by atoms with Crippen molar-refractivity contribution in [2.45, 2.75) is 23.5 Å². The summed E-state index contributed by atoms with van der Waals surface area (Å²) in [6.07, 6.45) is -0.0678. The molecule has 1 spiro atoms. The Morgan fingerprint density at radius 2 is 2.25 bits per heavy atom. The van der Waals surface area contributed by atoms with Crippen molar-refractivity contribution in [3.8, 4) is 0 Å². The van der Waals surface area contributed by atoms with E-state index in [2.05, 4.69) is 0 Å². The van der Waals surface area contributed by atoms with E-state index in [4.69, 9.17) is 21.1 Å². The lowest BCUT2D eigenvalue weighted by molar-refractivity contribution is -0.149. The molecule has 0 unspecified atom stereocenters. The molecule has 2 fully saturated rings. The molecule has 0 N–H and O–H groups in total. The molecule has 0 amide bonds. The third-order valence-electron chi connectivity index (χ3n) is 2.03. The van der Waals surface area contributed by atoms with Gasteiger partial charge in [0.15, 0.2) is 14.5 Å². The number of halogens is 1. The van der Waals surface area contributed by atoms with Crippen LogP contribution in [0.25, 0.3) is 0 Å². The zero-order chi connectivity index (χ0) is 8.98. The Balaban J connectivity index is 2.19. The van der Waals surface area contributed by atoms with Crippen molar-refractivity contribution in [3.63, 3.8) is 0 Å². The van der Waals surface area contributed by atoms with Crippen LogP contribution in [-0.2, 0) is 19.3 Å². The molecule has 0 aromatic carbocycles. The molecule has 0 aliphatic carbocycles. The van der Waals surface area contributed by atoms with Gasteiger partial charge in [-0.1, -0.05) is 11.6 Å². The summed E-state index contributed by atoms with van der Waals surface area (Å²) in [5.74, 6) is -1.15. The molecule has 0 radical (unpaired) electrons. The minimum Gasteiger partial charge on any atom is -0.344 e. The van der Waals surface area contributed by atoms with E-state index >= 15 is 0 Å². The summed E-state index contributed by atoms with van der Waals surface area (Å²) in [5.41, 5.74) is 0. The molecule has 0 aromatic heterocycles. The summed E-state index contributed by atoms with van der Waals surface area (Å²) in [6, 6.07) is 0. The minimum atomic E-state index is -3.16. The van der Waals surface area contributed by atoms with Crippen molar-refractivity contribution in [1.29, 1.82) is 0 Å². The Kier molecular flexibility index (Phi) is 1.71. The molecule has 0 bridgehead atoms. The van der Waals surface area contributed by atoms with Gasteiger partial charge in [-0.05, 0) is 6.92 Å². The van der Waals surface area contributed by atoms with E-state index in [-0.39, 0.29) is 11.9 Å². The van der Waals surface area contributed by atoms with E-state index in [0.29, 0.717) is 6.61 Å². The second-order valence-electron chi connectivity index (χ2n) is 3.17. The molecule has 4 nitrogen and oxygen atoms in total. The van der Waals surface area contributed by atoms with Crippen molar-refractivity contribution < 1.29 is 17.9 Å². The quantitative estimate of drug-likeness (QED) is 0.535. The van der Waals surface area contributed by atoms with Gasteiger partial charge in [0.2, 0.25) is 5.79 Å². The van der Waals surface area contributed by atoms with Crippen molar-refractivity contribution in [1.82, 2.24) is 0 Å². The number of sulfone groups is 1. The molecular weight excluding hydrogens is 204 g/mol. The van der Waals surface area contributed by atoms with Crippen LogP contribution in [0.4, 0.5) is 0 Å². The summed E-state index contributed by atoms with van der Waals surface area (Å²) < 4.78 is 31.5. The zero-order valence-corrected chi connectivity index (χ0v) is 8.06. The summed E-state index contributed by atoms with van der Waals surface area (Å²) in [7, 11) is -3.16. The molecule has 2 saturated heterocycles. The predicted molar refractivity (Wildman–Crippen MR) is 42.7 cm³/mol. The average molecular weight is 213 g/mol. The molecular formula is C6H9ClO4S. The van der Waals surface area contributed by atoms with E-state index in [1.165, 1.54) is 0 Å². The van der Waals surface area contributed by atoms with Crippen molar-refractivity contribution in [3.05, 3.63) is 0 Å². The van der Waals surface area contributed by atoms with E-state index in [0.717, 1.165) is 0 Å². The number of hydrogen-bond acceptors (Lipinski definition) is 4. The van der Waals surface area contributed by atoms with Crippen molar-refractivity contribution in [2.24, 2.45) is 0 Å².